The van der Waals surface area contributed by atoms with E-state index in [1.54, 1.807) is 6.92 Å². The number of sulfone groups is 1. The van der Waals surface area contributed by atoms with Crippen LogP contribution in [0.15, 0.2) is 32.5 Å². The normalized spacial score (nSPS) is 12.6. The Bertz CT molecular complexity index is 622. The van der Waals surface area contributed by atoms with Crippen LogP contribution >= 0.6 is 15.9 Å². The van der Waals surface area contributed by atoms with E-state index >= 15 is 0 Å². The highest BCUT2D eigenvalue weighted by Gasteiger charge is 2.18. The first-order chi connectivity index (χ1) is 7.68. The molecule has 17 heavy (non-hydrogen) atoms. The van der Waals surface area contributed by atoms with E-state index in [1.807, 2.05) is 0 Å². The Balaban J connectivity index is 3.43. The summed E-state index contributed by atoms with van der Waals surface area (Å²) in [6, 6.07) is 3.88. The quantitative estimate of drug-likeness (QED) is 0.890. The zero-order valence-corrected chi connectivity index (χ0v) is 12.5. The number of rotatable bonds is 4. The van der Waals surface area contributed by atoms with Crippen molar-refractivity contribution in [2.24, 2.45) is 0 Å². The van der Waals surface area contributed by atoms with Crippen LogP contribution in [0.1, 0.15) is 6.92 Å². The van der Waals surface area contributed by atoms with Crippen LogP contribution in [-0.2, 0) is 19.9 Å². The third kappa shape index (κ3) is 3.51. The zero-order valence-electron chi connectivity index (χ0n) is 9.27. The van der Waals surface area contributed by atoms with Crippen LogP contribution < -0.4 is 4.72 Å². The fraction of sp³-hybridized carbons (Fsp3) is 0.333. The van der Waals surface area contributed by atoms with E-state index in [2.05, 4.69) is 20.7 Å². The molecule has 96 valence electrons. The first-order valence-electron chi connectivity index (χ1n) is 4.67. The van der Waals surface area contributed by atoms with Gasteiger partial charge in [-0.25, -0.2) is 21.6 Å². The molecule has 0 heterocycles. The van der Waals surface area contributed by atoms with Crippen LogP contribution in [0.3, 0.4) is 0 Å². The van der Waals surface area contributed by atoms with Gasteiger partial charge in [0.15, 0.2) is 9.84 Å². The third-order valence-electron chi connectivity index (χ3n) is 1.95. The summed E-state index contributed by atoms with van der Waals surface area (Å²) in [4.78, 5) is -0.112. The van der Waals surface area contributed by atoms with E-state index in [-0.39, 0.29) is 16.3 Å². The molecule has 1 aromatic carbocycles. The lowest BCUT2D eigenvalue weighted by Gasteiger charge is -2.07. The van der Waals surface area contributed by atoms with Crippen LogP contribution in [0.4, 0.5) is 0 Å². The summed E-state index contributed by atoms with van der Waals surface area (Å²) < 4.78 is 48.9. The molecule has 1 N–H and O–H groups in total. The zero-order chi connectivity index (χ0) is 13.3. The summed E-state index contributed by atoms with van der Waals surface area (Å²) in [5, 5.41) is 0. The Hall–Kier alpha value is -0.440. The monoisotopic (exact) mass is 341 g/mol. The van der Waals surface area contributed by atoms with Crippen LogP contribution in [0.2, 0.25) is 0 Å². The molecule has 0 unspecified atom stereocenters. The molecule has 1 aromatic rings. The van der Waals surface area contributed by atoms with Crippen LogP contribution in [0.25, 0.3) is 0 Å². The van der Waals surface area contributed by atoms with E-state index in [4.69, 9.17) is 0 Å². The lowest BCUT2D eigenvalue weighted by atomic mass is 10.4. The summed E-state index contributed by atoms with van der Waals surface area (Å²) in [5.74, 6) is 0. The van der Waals surface area contributed by atoms with Gasteiger partial charge >= 0.3 is 0 Å². The van der Waals surface area contributed by atoms with Gasteiger partial charge in [-0.3, -0.25) is 0 Å². The molecule has 0 aliphatic heterocycles. The number of nitrogens with one attached hydrogen (secondary N) is 1. The molecule has 0 amide bonds. The lowest BCUT2D eigenvalue weighted by molar-refractivity contribution is 0.583. The smallest absolute Gasteiger partial charge is 0.224 e. The van der Waals surface area contributed by atoms with Crippen molar-refractivity contribution in [1.29, 1.82) is 0 Å². The fourth-order valence-corrected chi connectivity index (χ4v) is 4.24. The maximum atomic E-state index is 11.7. The molecule has 0 saturated carbocycles. The summed E-state index contributed by atoms with van der Waals surface area (Å²) in [7, 11) is -7.12. The van der Waals surface area contributed by atoms with Gasteiger partial charge in [-0.15, -0.1) is 0 Å². The van der Waals surface area contributed by atoms with Crippen LogP contribution in [0, 0.1) is 0 Å². The van der Waals surface area contributed by atoms with Gasteiger partial charge in [-0.1, -0.05) is 6.92 Å². The van der Waals surface area contributed by atoms with Gasteiger partial charge < -0.3 is 0 Å². The molecule has 0 radical (unpaired) electrons. The topological polar surface area (TPSA) is 80.3 Å². The SMILES string of the molecule is CCNS(=O)(=O)c1ccc(Br)c(S(C)(=O)=O)c1. The highest BCUT2D eigenvalue weighted by molar-refractivity contribution is 9.10. The van der Waals surface area contributed by atoms with Crippen molar-refractivity contribution in [3.8, 4) is 0 Å². The Morgan fingerprint density at radius 1 is 1.24 bits per heavy atom. The Kier molecular flexibility index (Phi) is 4.34. The average molecular weight is 342 g/mol. The van der Waals surface area contributed by atoms with Crippen molar-refractivity contribution in [3.63, 3.8) is 0 Å². The first kappa shape index (κ1) is 14.6. The minimum absolute atomic E-state index is 0.0449. The number of benzene rings is 1. The number of halogens is 1. The number of sulfonamides is 1. The van der Waals surface area contributed by atoms with Crippen molar-refractivity contribution in [3.05, 3.63) is 22.7 Å². The Labute approximate surface area is 109 Å². The largest absolute Gasteiger partial charge is 0.240 e. The van der Waals surface area contributed by atoms with Crippen LogP contribution in [-0.4, -0.2) is 29.6 Å². The molecule has 8 heteroatoms. The second kappa shape index (κ2) is 5.05. The van der Waals surface area contributed by atoms with Crippen molar-refractivity contribution in [2.75, 3.05) is 12.8 Å². The Morgan fingerprint density at radius 2 is 1.82 bits per heavy atom. The summed E-state index contributed by atoms with van der Waals surface area (Å²) in [6.07, 6.45) is 1.02. The summed E-state index contributed by atoms with van der Waals surface area (Å²) in [6.45, 7) is 1.89. The van der Waals surface area contributed by atoms with E-state index in [1.165, 1.54) is 12.1 Å². The molecule has 1 rings (SSSR count). The molecule has 0 aromatic heterocycles. The predicted octanol–water partition coefficient (Wildman–Crippen LogP) is 1.15. The summed E-state index contributed by atoms with van der Waals surface area (Å²) >= 11 is 3.08. The number of hydrogen-bond acceptors (Lipinski definition) is 4. The molecule has 5 nitrogen and oxygen atoms in total. The lowest BCUT2D eigenvalue weighted by Crippen LogP contribution is -2.23. The van der Waals surface area contributed by atoms with Crippen molar-refractivity contribution >= 4 is 35.8 Å². The predicted molar refractivity (Wildman–Crippen MR) is 68.1 cm³/mol. The van der Waals surface area contributed by atoms with Gasteiger partial charge in [-0.05, 0) is 34.1 Å². The van der Waals surface area contributed by atoms with E-state index in [0.29, 0.717) is 4.47 Å². The van der Waals surface area contributed by atoms with Crippen LogP contribution in [0.5, 0.6) is 0 Å². The van der Waals surface area contributed by atoms with Gasteiger partial charge in [0.05, 0.1) is 9.79 Å². The van der Waals surface area contributed by atoms with Gasteiger partial charge in [-0.2, -0.15) is 0 Å². The third-order valence-corrected chi connectivity index (χ3v) is 5.58. The molecular formula is C9H12BrNO4S2. The standard InChI is InChI=1S/C9H12BrNO4S2/c1-3-11-17(14,15)7-4-5-8(10)9(6-7)16(2,12)13/h4-6,11H,3H2,1-2H3. The molecule has 0 aliphatic carbocycles. The second-order valence-corrected chi connectivity index (χ2v) is 7.97. The van der Waals surface area contributed by atoms with Gasteiger partial charge in [0, 0.05) is 17.3 Å². The van der Waals surface area contributed by atoms with E-state index < -0.39 is 19.9 Å². The van der Waals surface area contributed by atoms with E-state index in [9.17, 15) is 16.8 Å². The summed E-state index contributed by atoms with van der Waals surface area (Å²) in [5.41, 5.74) is 0. The van der Waals surface area contributed by atoms with Gasteiger partial charge in [0.25, 0.3) is 0 Å². The average Bonchev–Trinajstić information content (AvgIpc) is 2.15. The number of hydrogen-bond donors (Lipinski definition) is 1. The molecule has 0 atom stereocenters. The van der Waals surface area contributed by atoms with Gasteiger partial charge in [0.1, 0.15) is 0 Å². The first-order valence-corrected chi connectivity index (χ1v) is 8.84. The maximum absolute atomic E-state index is 11.7. The second-order valence-electron chi connectivity index (χ2n) is 3.37. The highest BCUT2D eigenvalue weighted by Crippen LogP contribution is 2.24. The van der Waals surface area contributed by atoms with Gasteiger partial charge in [0.2, 0.25) is 10.0 Å². The molecule has 0 spiro atoms. The highest BCUT2D eigenvalue weighted by atomic mass is 79.9. The van der Waals surface area contributed by atoms with E-state index in [0.717, 1.165) is 12.3 Å². The molecule has 0 bridgehead atoms. The Morgan fingerprint density at radius 3 is 2.29 bits per heavy atom. The minimum atomic E-state index is -3.65. The molecule has 0 fully saturated rings. The van der Waals surface area contributed by atoms with Crippen molar-refractivity contribution < 1.29 is 16.8 Å². The minimum Gasteiger partial charge on any atom is -0.224 e. The fourth-order valence-electron chi connectivity index (χ4n) is 1.21. The molecule has 0 aliphatic rings. The molecule has 0 saturated heterocycles. The van der Waals surface area contributed by atoms with Crippen molar-refractivity contribution in [2.45, 2.75) is 16.7 Å². The van der Waals surface area contributed by atoms with Crippen molar-refractivity contribution in [1.82, 2.24) is 4.72 Å². The maximum Gasteiger partial charge on any atom is 0.240 e. The molecular weight excluding hydrogens is 330 g/mol.